The Labute approximate surface area is 112 Å². The van der Waals surface area contributed by atoms with E-state index >= 15 is 0 Å². The maximum absolute atomic E-state index is 11.4. The summed E-state index contributed by atoms with van der Waals surface area (Å²) in [6.07, 6.45) is 0.674. The molecule has 0 saturated carbocycles. The van der Waals surface area contributed by atoms with Gasteiger partial charge in [-0.15, -0.1) is 0 Å². The lowest BCUT2D eigenvalue weighted by molar-refractivity contribution is -0.117. The minimum atomic E-state index is -0.511. The number of rotatable bonds is 6. The standard InChI is InChI=1S/C14H18N2O3/c1-3-13(17)16-11(2)9-15-14(18)19-10-12-7-5-4-6-8-12/h3-8,11H,1,9-10H2,2H3,(H,15,18)(H,16,17). The van der Waals surface area contributed by atoms with Gasteiger partial charge in [0, 0.05) is 12.6 Å². The predicted molar refractivity (Wildman–Crippen MR) is 72.4 cm³/mol. The van der Waals surface area contributed by atoms with E-state index in [1.807, 2.05) is 30.3 Å². The first-order valence-electron chi connectivity index (χ1n) is 5.99. The Bertz CT molecular complexity index is 432. The Kier molecular flexibility index (Phi) is 6.15. The third-order valence-corrected chi connectivity index (χ3v) is 2.34. The van der Waals surface area contributed by atoms with Crippen molar-refractivity contribution in [3.63, 3.8) is 0 Å². The number of hydrogen-bond donors (Lipinski definition) is 2. The fourth-order valence-electron chi connectivity index (χ4n) is 1.36. The zero-order valence-electron chi connectivity index (χ0n) is 10.9. The number of hydrogen-bond acceptors (Lipinski definition) is 3. The molecule has 1 atom stereocenters. The van der Waals surface area contributed by atoms with Crippen LogP contribution in [0.5, 0.6) is 0 Å². The van der Waals surface area contributed by atoms with Crippen LogP contribution in [0, 0.1) is 0 Å². The Morgan fingerprint density at radius 2 is 2.05 bits per heavy atom. The van der Waals surface area contributed by atoms with E-state index in [1.54, 1.807) is 6.92 Å². The molecule has 1 aromatic rings. The summed E-state index contributed by atoms with van der Waals surface area (Å²) in [5, 5.41) is 5.20. The van der Waals surface area contributed by atoms with Crippen LogP contribution in [0.25, 0.3) is 0 Å². The molecule has 0 aromatic heterocycles. The van der Waals surface area contributed by atoms with E-state index in [4.69, 9.17) is 4.74 Å². The molecule has 0 spiro atoms. The van der Waals surface area contributed by atoms with E-state index in [0.717, 1.165) is 5.56 Å². The van der Waals surface area contributed by atoms with Crippen molar-refractivity contribution < 1.29 is 14.3 Å². The number of amides is 2. The van der Waals surface area contributed by atoms with Crippen LogP contribution in [0.15, 0.2) is 43.0 Å². The normalized spacial score (nSPS) is 11.2. The van der Waals surface area contributed by atoms with E-state index < -0.39 is 6.09 Å². The summed E-state index contributed by atoms with van der Waals surface area (Å²) >= 11 is 0. The van der Waals surface area contributed by atoms with Gasteiger partial charge >= 0.3 is 6.09 Å². The molecular weight excluding hydrogens is 244 g/mol. The zero-order chi connectivity index (χ0) is 14.1. The molecule has 1 aromatic carbocycles. The highest BCUT2D eigenvalue weighted by Crippen LogP contribution is 2.00. The molecule has 0 bridgehead atoms. The zero-order valence-corrected chi connectivity index (χ0v) is 10.9. The first-order chi connectivity index (χ1) is 9.11. The summed E-state index contributed by atoms with van der Waals surface area (Å²) < 4.78 is 5.03. The predicted octanol–water partition coefficient (Wildman–Crippen LogP) is 1.60. The number of carbonyl (C=O) groups excluding carboxylic acids is 2. The van der Waals surface area contributed by atoms with E-state index in [9.17, 15) is 9.59 Å². The van der Waals surface area contributed by atoms with Gasteiger partial charge in [0.25, 0.3) is 0 Å². The smallest absolute Gasteiger partial charge is 0.407 e. The van der Waals surface area contributed by atoms with Gasteiger partial charge in [0.1, 0.15) is 6.61 Å². The highest BCUT2D eigenvalue weighted by Gasteiger charge is 2.07. The lowest BCUT2D eigenvalue weighted by Crippen LogP contribution is -2.41. The number of benzene rings is 1. The average Bonchev–Trinajstić information content (AvgIpc) is 2.43. The summed E-state index contributed by atoms with van der Waals surface area (Å²) in [6.45, 7) is 5.65. The molecule has 0 fully saturated rings. The van der Waals surface area contributed by atoms with Crippen molar-refractivity contribution in [2.75, 3.05) is 6.54 Å². The van der Waals surface area contributed by atoms with Crippen molar-refractivity contribution >= 4 is 12.0 Å². The van der Waals surface area contributed by atoms with Gasteiger partial charge in [-0.05, 0) is 18.6 Å². The van der Waals surface area contributed by atoms with Gasteiger partial charge in [-0.25, -0.2) is 4.79 Å². The maximum Gasteiger partial charge on any atom is 0.407 e. The van der Waals surface area contributed by atoms with Crippen LogP contribution in [-0.2, 0) is 16.1 Å². The highest BCUT2D eigenvalue weighted by molar-refractivity contribution is 5.87. The van der Waals surface area contributed by atoms with Gasteiger partial charge in [-0.3, -0.25) is 4.79 Å². The van der Waals surface area contributed by atoms with E-state index in [1.165, 1.54) is 6.08 Å². The maximum atomic E-state index is 11.4. The van der Waals surface area contributed by atoms with Gasteiger partial charge < -0.3 is 15.4 Å². The van der Waals surface area contributed by atoms with E-state index in [-0.39, 0.29) is 18.6 Å². The first kappa shape index (κ1) is 14.8. The molecule has 102 valence electrons. The summed E-state index contributed by atoms with van der Waals surface area (Å²) in [5.41, 5.74) is 0.922. The quantitative estimate of drug-likeness (QED) is 0.765. The second kappa shape index (κ2) is 7.92. The molecule has 0 radical (unpaired) electrons. The van der Waals surface area contributed by atoms with E-state index in [2.05, 4.69) is 17.2 Å². The molecule has 19 heavy (non-hydrogen) atoms. The summed E-state index contributed by atoms with van der Waals surface area (Å²) in [5.74, 6) is -0.271. The van der Waals surface area contributed by atoms with Crippen LogP contribution in [0.3, 0.4) is 0 Å². The lowest BCUT2D eigenvalue weighted by Gasteiger charge is -2.13. The molecule has 2 amide bonds. The molecule has 0 saturated heterocycles. The largest absolute Gasteiger partial charge is 0.445 e. The average molecular weight is 262 g/mol. The van der Waals surface area contributed by atoms with Crippen molar-refractivity contribution in [1.29, 1.82) is 0 Å². The number of carbonyl (C=O) groups is 2. The van der Waals surface area contributed by atoms with Crippen LogP contribution in [0.2, 0.25) is 0 Å². The van der Waals surface area contributed by atoms with Crippen LogP contribution in [0.1, 0.15) is 12.5 Å². The molecule has 0 aliphatic rings. The molecule has 2 N–H and O–H groups in total. The fourth-order valence-corrected chi connectivity index (χ4v) is 1.36. The second-order valence-electron chi connectivity index (χ2n) is 4.06. The van der Waals surface area contributed by atoms with Gasteiger partial charge in [0.2, 0.25) is 5.91 Å². The summed E-state index contributed by atoms with van der Waals surface area (Å²) in [7, 11) is 0. The minimum absolute atomic E-state index is 0.185. The van der Waals surface area contributed by atoms with E-state index in [0.29, 0.717) is 6.54 Å². The molecular formula is C14H18N2O3. The van der Waals surface area contributed by atoms with Crippen LogP contribution in [0.4, 0.5) is 4.79 Å². The summed E-state index contributed by atoms with van der Waals surface area (Å²) in [4.78, 5) is 22.4. The summed E-state index contributed by atoms with van der Waals surface area (Å²) in [6, 6.07) is 9.22. The third kappa shape index (κ3) is 6.26. The molecule has 0 aliphatic heterocycles. The topological polar surface area (TPSA) is 67.4 Å². The molecule has 0 heterocycles. The SMILES string of the molecule is C=CC(=O)NC(C)CNC(=O)OCc1ccccc1. The molecule has 5 nitrogen and oxygen atoms in total. The molecule has 0 aliphatic carbocycles. The molecule has 5 heteroatoms. The Morgan fingerprint density at radius 3 is 2.68 bits per heavy atom. The molecule has 1 unspecified atom stereocenters. The van der Waals surface area contributed by atoms with Gasteiger partial charge in [-0.1, -0.05) is 36.9 Å². The third-order valence-electron chi connectivity index (χ3n) is 2.34. The van der Waals surface area contributed by atoms with Crippen LogP contribution in [-0.4, -0.2) is 24.6 Å². The first-order valence-corrected chi connectivity index (χ1v) is 5.99. The Balaban J connectivity index is 2.21. The van der Waals surface area contributed by atoms with Crippen LogP contribution < -0.4 is 10.6 Å². The van der Waals surface area contributed by atoms with Gasteiger partial charge in [-0.2, -0.15) is 0 Å². The van der Waals surface area contributed by atoms with Crippen molar-refractivity contribution in [3.05, 3.63) is 48.6 Å². The van der Waals surface area contributed by atoms with Crippen molar-refractivity contribution in [2.24, 2.45) is 0 Å². The lowest BCUT2D eigenvalue weighted by atomic mass is 10.2. The number of alkyl carbamates (subject to hydrolysis) is 1. The van der Waals surface area contributed by atoms with Crippen molar-refractivity contribution in [1.82, 2.24) is 10.6 Å². The monoisotopic (exact) mass is 262 g/mol. The number of ether oxygens (including phenoxy) is 1. The fraction of sp³-hybridized carbons (Fsp3) is 0.286. The van der Waals surface area contributed by atoms with Gasteiger partial charge in [0.15, 0.2) is 0 Å². The van der Waals surface area contributed by atoms with Crippen molar-refractivity contribution in [3.8, 4) is 0 Å². The van der Waals surface area contributed by atoms with Crippen molar-refractivity contribution in [2.45, 2.75) is 19.6 Å². The molecule has 1 rings (SSSR count). The highest BCUT2D eigenvalue weighted by atomic mass is 16.5. The minimum Gasteiger partial charge on any atom is -0.445 e. The van der Waals surface area contributed by atoms with Gasteiger partial charge in [0.05, 0.1) is 0 Å². The van der Waals surface area contributed by atoms with Crippen LogP contribution >= 0.6 is 0 Å². The Hall–Kier alpha value is -2.30. The Morgan fingerprint density at radius 1 is 1.37 bits per heavy atom. The number of nitrogens with one attached hydrogen (secondary N) is 2. The second-order valence-corrected chi connectivity index (χ2v) is 4.06.